The second-order valence-electron chi connectivity index (χ2n) is 24.9. The van der Waals surface area contributed by atoms with Gasteiger partial charge >= 0.3 is 0 Å². The smallest absolute Gasteiger partial charge is 0.272 e. The average Bonchev–Trinajstić information content (AvgIpc) is 1.59. The molecule has 2 saturated heterocycles. The molecule has 3 aromatic heterocycles. The van der Waals surface area contributed by atoms with Gasteiger partial charge in [0.15, 0.2) is 11.5 Å². The molecule has 0 aliphatic carbocycles. The van der Waals surface area contributed by atoms with Crippen molar-refractivity contribution in [2.24, 2.45) is 0 Å². The van der Waals surface area contributed by atoms with Crippen molar-refractivity contribution in [3.05, 3.63) is 164 Å². The molecule has 0 bridgehead atoms. The molecule has 8 aromatic rings. The maximum atomic E-state index is 15.2. The molecule has 2 fully saturated rings. The van der Waals surface area contributed by atoms with Crippen LogP contribution in [0.1, 0.15) is 112 Å². The first-order valence-corrected chi connectivity index (χ1v) is 34.6. The highest BCUT2D eigenvalue weighted by Crippen LogP contribution is 2.36. The van der Waals surface area contributed by atoms with Crippen LogP contribution in [0.2, 0.25) is 5.02 Å². The highest BCUT2D eigenvalue weighted by molar-refractivity contribution is 6.31. The predicted molar refractivity (Wildman–Crippen MR) is 375 cm³/mol. The van der Waals surface area contributed by atoms with Gasteiger partial charge in [-0.3, -0.25) is 53.4 Å². The quantitative estimate of drug-likeness (QED) is 0.0178. The van der Waals surface area contributed by atoms with Crippen LogP contribution in [0.5, 0.6) is 11.5 Å². The van der Waals surface area contributed by atoms with Crippen LogP contribution in [0.4, 0.5) is 26.0 Å². The molecular weight excluding hydrogens is 1370 g/mol. The highest BCUT2D eigenvalue weighted by Gasteiger charge is 2.46. The third-order valence-electron chi connectivity index (χ3n) is 17.7. The van der Waals surface area contributed by atoms with Crippen LogP contribution in [0, 0.1) is 11.6 Å². The number of hydrogen-bond donors (Lipinski definition) is 6. The van der Waals surface area contributed by atoms with Gasteiger partial charge in [0.1, 0.15) is 41.6 Å². The monoisotopic (exact) mass is 1450 g/mol. The summed E-state index contributed by atoms with van der Waals surface area (Å²) in [5.41, 5.74) is 3.09. The summed E-state index contributed by atoms with van der Waals surface area (Å²) in [5.74, 6) is -3.67. The Hall–Kier alpha value is -10.9. The second-order valence-corrected chi connectivity index (χ2v) is 25.3. The van der Waals surface area contributed by atoms with E-state index in [4.69, 9.17) is 35.3 Å². The molecule has 6 heterocycles. The number of ether oxygens (including phenoxy) is 5. The molecule has 3 aliphatic rings. The Morgan fingerprint density at radius 3 is 2.33 bits per heavy atom. The summed E-state index contributed by atoms with van der Waals surface area (Å²) in [4.78, 5) is 130. The van der Waals surface area contributed by atoms with Gasteiger partial charge in [0.25, 0.3) is 23.3 Å². The van der Waals surface area contributed by atoms with Gasteiger partial charge in [-0.25, -0.2) is 28.5 Å². The van der Waals surface area contributed by atoms with E-state index in [0.717, 1.165) is 4.90 Å². The van der Waals surface area contributed by atoms with Crippen molar-refractivity contribution in [1.82, 2.24) is 65.8 Å². The summed E-state index contributed by atoms with van der Waals surface area (Å²) in [6.07, 6.45) is 7.04. The van der Waals surface area contributed by atoms with E-state index >= 15 is 4.39 Å². The molecule has 546 valence electrons. The molecule has 2 unspecified atom stereocenters. The van der Waals surface area contributed by atoms with Crippen molar-refractivity contribution in [3.63, 3.8) is 0 Å². The SMILES string of the molecule is COc1cc2ncnc(Nc3ccc(F)c(Cl)c3)c2cc1OCCCCCC(=O)NC(COCc1cn(CCOCCOCCNc2cccc3c2C(=O)N(C2CCC(=O)NC2=O)C3=O)nn1)C(=O)NCCCCCC(=O)N1CCN(C(=O)c2cc(Cc3n[nH]c(=O)c4ccccc34)ccc2F)CC1. The highest BCUT2D eigenvalue weighted by atomic mass is 35.5. The third-order valence-corrected chi connectivity index (χ3v) is 18.0. The minimum absolute atomic E-state index is 0.0178. The van der Waals surface area contributed by atoms with E-state index in [2.05, 4.69) is 57.1 Å². The number of fused-ring (bicyclic) bond motifs is 3. The van der Waals surface area contributed by atoms with Crippen molar-refractivity contribution in [1.29, 1.82) is 0 Å². The summed E-state index contributed by atoms with van der Waals surface area (Å²) in [5, 5.41) is 31.0. The molecule has 5 aromatic carbocycles. The molecule has 3 aliphatic heterocycles. The summed E-state index contributed by atoms with van der Waals surface area (Å²) < 4.78 is 59.8. The van der Waals surface area contributed by atoms with Crippen molar-refractivity contribution < 1.29 is 70.8 Å². The number of halogens is 3. The Morgan fingerprint density at radius 1 is 0.740 bits per heavy atom. The standard InChI is InChI=1S/C72H78ClF2N15O14/c1-100-60-39-56-51(66(79-43-78-56)80-45-18-20-54(75)52(73)37-45)38-61(60)104-30-9-3-4-15-62(91)81-58(42-103-41-46-40-89(86-83-46)29-32-102-34-33-101-31-24-76-55-14-10-13-49-65(55)72(99)90(71(49)98)59-21-22-63(92)82-69(59)96)68(95)77-23-8-2-5-16-64(93)87-25-27-88(28-26-87)70(97)50-35-44(17-19-53(50)74)36-57-47-11-6-7-12-48(47)67(94)85-84-57/h6-7,10-14,17-20,35,37-40,43,58-59,76H,2-5,8-9,15-16,21-34,36,41-42H2,1H3,(H,77,95)(H,81,91)(H,85,94)(H,78,79,80)(H,82,92,96). The van der Waals surface area contributed by atoms with E-state index in [-0.39, 0.29) is 150 Å². The molecule has 11 rings (SSSR count). The number of nitrogens with zero attached hydrogens (tertiary/aromatic N) is 9. The molecule has 32 heteroatoms. The predicted octanol–water partition coefficient (Wildman–Crippen LogP) is 6.58. The van der Waals surface area contributed by atoms with E-state index in [1.54, 1.807) is 70.4 Å². The van der Waals surface area contributed by atoms with E-state index in [0.29, 0.717) is 119 Å². The minimum Gasteiger partial charge on any atom is -0.493 e. The fraction of sp³-hybridized carbons (Fsp3) is 0.389. The van der Waals surface area contributed by atoms with Gasteiger partial charge < -0.3 is 54.8 Å². The van der Waals surface area contributed by atoms with Crippen LogP contribution < -0.4 is 41.6 Å². The molecule has 0 spiro atoms. The number of carbonyl (C=O) groups is 8. The lowest BCUT2D eigenvalue weighted by atomic mass is 10.0. The molecule has 8 amide bonds. The lowest BCUT2D eigenvalue weighted by Crippen LogP contribution is -2.54. The number of rotatable bonds is 36. The van der Waals surface area contributed by atoms with Gasteiger partial charge in [0.05, 0.1) is 104 Å². The second kappa shape index (κ2) is 35.8. The number of aromatic nitrogens is 7. The Kier molecular flexibility index (Phi) is 25.6. The maximum absolute atomic E-state index is 15.2. The summed E-state index contributed by atoms with van der Waals surface area (Å²) in [7, 11) is 1.51. The number of H-pyrrole nitrogens is 1. The summed E-state index contributed by atoms with van der Waals surface area (Å²) in [6.45, 7) is 2.97. The molecule has 6 N–H and O–H groups in total. The Morgan fingerprint density at radius 2 is 1.52 bits per heavy atom. The number of piperidine rings is 1. The maximum Gasteiger partial charge on any atom is 0.272 e. The van der Waals surface area contributed by atoms with Crippen molar-refractivity contribution in [2.75, 3.05) is 96.7 Å². The lowest BCUT2D eigenvalue weighted by Gasteiger charge is -2.35. The number of nitrogens with one attached hydrogen (secondary N) is 6. The van der Waals surface area contributed by atoms with Crippen LogP contribution in [0.3, 0.4) is 0 Å². The Balaban J connectivity index is 0.603. The Labute approximate surface area is 600 Å². The third kappa shape index (κ3) is 19.0. The van der Waals surface area contributed by atoms with Crippen LogP contribution in [-0.4, -0.2) is 195 Å². The van der Waals surface area contributed by atoms with E-state index < -0.39 is 59.2 Å². The van der Waals surface area contributed by atoms with Gasteiger partial charge in [-0.05, 0) is 98.7 Å². The molecule has 2 atom stereocenters. The average molecular weight is 1450 g/mol. The van der Waals surface area contributed by atoms with Gasteiger partial charge in [0, 0.05) is 93.2 Å². The molecule has 0 saturated carbocycles. The zero-order chi connectivity index (χ0) is 73.1. The lowest BCUT2D eigenvalue weighted by molar-refractivity contribution is -0.136. The first kappa shape index (κ1) is 74.3. The number of piperazine rings is 1. The zero-order valence-corrected chi connectivity index (χ0v) is 57.8. The molecule has 0 radical (unpaired) electrons. The minimum atomic E-state index is -1.07. The van der Waals surface area contributed by atoms with Crippen LogP contribution in [-0.2, 0) is 57.8 Å². The largest absolute Gasteiger partial charge is 0.493 e. The number of imide groups is 2. The van der Waals surface area contributed by atoms with Crippen molar-refractivity contribution >= 4 is 97.7 Å². The number of hydrogen-bond acceptors (Lipinski definition) is 21. The molecule has 29 nitrogen and oxygen atoms in total. The number of methoxy groups -OCH3 is 1. The first-order chi connectivity index (χ1) is 50.5. The van der Waals surface area contributed by atoms with Crippen molar-refractivity contribution in [2.45, 2.75) is 95.9 Å². The van der Waals surface area contributed by atoms with Crippen molar-refractivity contribution in [3.8, 4) is 11.5 Å². The van der Waals surface area contributed by atoms with Gasteiger partial charge in [-0.15, -0.1) is 5.10 Å². The number of carbonyl (C=O) groups excluding carboxylic acids is 8. The first-order valence-electron chi connectivity index (χ1n) is 34.3. The van der Waals surface area contributed by atoms with Gasteiger partial charge in [-0.2, -0.15) is 5.10 Å². The van der Waals surface area contributed by atoms with E-state index in [9.17, 15) is 47.5 Å². The topological polar surface area (TPSA) is 355 Å². The Bertz CT molecular complexity index is 4540. The zero-order valence-electron chi connectivity index (χ0n) is 57.0. The normalized spacial score (nSPS) is 14.7. The molecular formula is C72H78ClF2N15O14. The summed E-state index contributed by atoms with van der Waals surface area (Å²) in [6, 6.07) is 21.7. The fourth-order valence-corrected chi connectivity index (χ4v) is 12.5. The van der Waals surface area contributed by atoms with E-state index in [1.165, 1.54) is 54.7 Å². The van der Waals surface area contributed by atoms with E-state index in [1.807, 2.05) is 0 Å². The van der Waals surface area contributed by atoms with Crippen LogP contribution in [0.25, 0.3) is 21.7 Å². The van der Waals surface area contributed by atoms with Crippen LogP contribution in [0.15, 0.2) is 108 Å². The number of aromatic amines is 1. The fourth-order valence-electron chi connectivity index (χ4n) is 12.3. The summed E-state index contributed by atoms with van der Waals surface area (Å²) >= 11 is 6.02. The van der Waals surface area contributed by atoms with Crippen LogP contribution >= 0.6 is 11.6 Å². The van der Waals surface area contributed by atoms with Gasteiger partial charge in [-0.1, -0.05) is 53.6 Å². The molecule has 104 heavy (non-hydrogen) atoms. The number of anilines is 3. The number of benzene rings is 5. The number of unbranched alkanes of at least 4 members (excludes halogenated alkanes) is 4. The number of amides is 8. The van der Waals surface area contributed by atoms with Gasteiger partial charge in [0.2, 0.25) is 29.5 Å².